The maximum atomic E-state index is 13.7. The third kappa shape index (κ3) is 8.45. The summed E-state index contributed by atoms with van der Waals surface area (Å²) >= 11 is 6.04. The number of fused-ring (bicyclic) bond motifs is 1. The Morgan fingerprint density at radius 2 is 1.80 bits per heavy atom. The fraction of sp³-hybridized carbons (Fsp3) is 0.314. The van der Waals surface area contributed by atoms with Gasteiger partial charge in [0.15, 0.2) is 0 Å². The Bertz CT molecular complexity index is 1740. The van der Waals surface area contributed by atoms with Crippen molar-refractivity contribution in [3.63, 3.8) is 0 Å². The largest absolute Gasteiger partial charge is 0.481 e. The van der Waals surface area contributed by atoms with Gasteiger partial charge in [0.1, 0.15) is 11.6 Å². The molecule has 4 rings (SSSR count). The first-order valence-electron chi connectivity index (χ1n) is 14.9. The molecule has 10 nitrogen and oxygen atoms in total. The lowest BCUT2D eigenvalue weighted by Crippen LogP contribution is -2.50. The number of benzene rings is 2. The number of amides is 2. The maximum absolute atomic E-state index is 13.7. The maximum Gasteiger partial charge on any atom is 0.408 e. The lowest BCUT2D eigenvalue weighted by molar-refractivity contribution is -0.138. The molecule has 2 aromatic heterocycles. The molecule has 2 unspecified atom stereocenters. The molecular formula is C35H39ClN4O6. The van der Waals surface area contributed by atoms with Crippen molar-refractivity contribution in [3.05, 3.63) is 88.1 Å². The predicted molar refractivity (Wildman–Crippen MR) is 180 cm³/mol. The molecule has 0 aliphatic carbocycles. The van der Waals surface area contributed by atoms with Crippen LogP contribution in [0.25, 0.3) is 23.2 Å². The predicted octanol–water partition coefficient (Wildman–Crippen LogP) is 7.07. The van der Waals surface area contributed by atoms with E-state index < -0.39 is 29.6 Å². The lowest BCUT2D eigenvalue weighted by atomic mass is 9.95. The number of nitrogens with one attached hydrogen (secondary N) is 2. The number of ether oxygens (including phenoxy) is 2. The molecule has 2 amide bonds. The van der Waals surface area contributed by atoms with Gasteiger partial charge in [-0.25, -0.2) is 9.78 Å². The number of methoxy groups -OCH3 is 1. The van der Waals surface area contributed by atoms with Crippen molar-refractivity contribution in [2.24, 2.45) is 0 Å². The van der Waals surface area contributed by atoms with E-state index in [-0.39, 0.29) is 12.3 Å². The molecule has 2 heterocycles. The van der Waals surface area contributed by atoms with Crippen molar-refractivity contribution in [2.45, 2.75) is 58.1 Å². The monoisotopic (exact) mass is 646 g/mol. The van der Waals surface area contributed by atoms with Gasteiger partial charge in [0, 0.05) is 41.5 Å². The zero-order valence-corrected chi connectivity index (χ0v) is 27.5. The van der Waals surface area contributed by atoms with Gasteiger partial charge >= 0.3 is 12.1 Å². The Kier molecular flexibility index (Phi) is 10.7. The summed E-state index contributed by atoms with van der Waals surface area (Å²) in [5.74, 6) is -1.66. The number of hydrogen-bond acceptors (Lipinski definition) is 6. The average Bonchev–Trinajstić information content (AvgIpc) is 3.36. The number of likely N-dealkylation sites (N-methyl/N-ethyl adjacent to an activating group) is 1. The summed E-state index contributed by atoms with van der Waals surface area (Å²) in [4.78, 5) is 48.0. The second-order valence-electron chi connectivity index (χ2n) is 11.9. The van der Waals surface area contributed by atoms with Crippen molar-refractivity contribution in [3.8, 4) is 5.88 Å². The van der Waals surface area contributed by atoms with Crippen LogP contribution in [0.5, 0.6) is 5.88 Å². The molecule has 0 saturated heterocycles. The van der Waals surface area contributed by atoms with Crippen LogP contribution in [0.15, 0.2) is 60.7 Å². The topological polar surface area (TPSA) is 134 Å². The average molecular weight is 647 g/mol. The second kappa shape index (κ2) is 14.5. The number of aromatic amines is 1. The van der Waals surface area contributed by atoms with Crippen LogP contribution >= 0.6 is 11.6 Å². The highest BCUT2D eigenvalue weighted by atomic mass is 35.5. The van der Waals surface area contributed by atoms with Gasteiger partial charge in [0.2, 0.25) is 11.8 Å². The fourth-order valence-electron chi connectivity index (χ4n) is 5.10. The Balaban J connectivity index is 1.65. The molecule has 0 radical (unpaired) electrons. The van der Waals surface area contributed by atoms with Crippen molar-refractivity contribution in [1.82, 2.24) is 15.3 Å². The Labute approximate surface area is 273 Å². The molecule has 3 N–H and O–H groups in total. The molecular weight excluding hydrogens is 608 g/mol. The molecule has 0 aliphatic rings. The number of halogens is 1. The number of alkyl carbamates (subject to hydrolysis) is 1. The normalized spacial score (nSPS) is 12.9. The van der Waals surface area contributed by atoms with E-state index in [1.807, 2.05) is 49.4 Å². The van der Waals surface area contributed by atoms with Gasteiger partial charge in [0.25, 0.3) is 0 Å². The van der Waals surface area contributed by atoms with Gasteiger partial charge in [-0.05, 0) is 74.7 Å². The molecule has 11 heteroatoms. The summed E-state index contributed by atoms with van der Waals surface area (Å²) in [6.07, 6.45) is 3.55. The number of rotatable bonds is 11. The van der Waals surface area contributed by atoms with Crippen LogP contribution < -0.4 is 15.0 Å². The molecule has 0 saturated carbocycles. The van der Waals surface area contributed by atoms with Crippen molar-refractivity contribution in [1.29, 1.82) is 0 Å². The minimum atomic E-state index is -0.943. The standard InChI is InChI=1S/C35H39ClN4O6/c1-7-25(33(42)43)30-26(37-27-17-18-29(45-6)39-31(27)30)16-11-21-9-8-10-22(19-21)20-28(38-34(44)46-35(2,3)4)32(41)40(5)24-14-12-23(36)13-15-24/h8-19,25,28,37H,7,20H2,1-6H3,(H,38,44)(H,42,43). The van der Waals surface area contributed by atoms with Gasteiger partial charge in [0.05, 0.1) is 24.1 Å². The van der Waals surface area contributed by atoms with E-state index in [1.165, 1.54) is 12.0 Å². The highest BCUT2D eigenvalue weighted by Crippen LogP contribution is 2.33. The SMILES string of the molecule is CCC(C(=O)O)c1c(C=Cc2cccc(CC(NC(=O)OC(C)(C)C)C(=O)N(C)c3ccc(Cl)cc3)c2)[nH]c2ccc(OC)nc12. The first-order chi connectivity index (χ1) is 21.8. The van der Waals surface area contributed by atoms with Gasteiger partial charge in [-0.2, -0.15) is 0 Å². The zero-order chi connectivity index (χ0) is 33.6. The number of nitrogens with zero attached hydrogens (tertiary/aromatic N) is 2. The van der Waals surface area contributed by atoms with Gasteiger partial charge in [-0.15, -0.1) is 0 Å². The van der Waals surface area contributed by atoms with Crippen LogP contribution in [-0.2, 0) is 20.7 Å². The summed E-state index contributed by atoms with van der Waals surface area (Å²) in [6, 6.07) is 17.0. The van der Waals surface area contributed by atoms with Crippen LogP contribution in [0.3, 0.4) is 0 Å². The number of H-pyrrole nitrogens is 1. The number of carboxylic acids is 1. The minimum absolute atomic E-state index is 0.190. The summed E-state index contributed by atoms with van der Waals surface area (Å²) in [5.41, 5.74) is 3.92. The Hall–Kier alpha value is -4.83. The van der Waals surface area contributed by atoms with Crippen LogP contribution in [0.4, 0.5) is 10.5 Å². The van der Waals surface area contributed by atoms with Gasteiger partial charge in [-0.1, -0.05) is 48.9 Å². The summed E-state index contributed by atoms with van der Waals surface area (Å²) in [6.45, 7) is 7.08. The molecule has 0 bridgehead atoms. The summed E-state index contributed by atoms with van der Waals surface area (Å²) in [5, 5.41) is 13.3. The van der Waals surface area contributed by atoms with Gasteiger partial charge in [-0.3, -0.25) is 9.59 Å². The van der Waals surface area contributed by atoms with E-state index in [9.17, 15) is 19.5 Å². The number of carbonyl (C=O) groups excluding carboxylic acids is 2. The number of anilines is 1. The first kappa shape index (κ1) is 34.1. The number of hydrogen-bond donors (Lipinski definition) is 3. The molecule has 2 aromatic carbocycles. The molecule has 0 fully saturated rings. The number of carbonyl (C=O) groups is 3. The first-order valence-corrected chi connectivity index (χ1v) is 15.3. The smallest absolute Gasteiger partial charge is 0.408 e. The van der Waals surface area contributed by atoms with Crippen LogP contribution in [0.1, 0.15) is 62.4 Å². The number of aliphatic carboxylic acids is 1. The van der Waals surface area contributed by atoms with Crippen molar-refractivity contribution >= 4 is 58.4 Å². The highest BCUT2D eigenvalue weighted by molar-refractivity contribution is 6.30. The third-order valence-electron chi connectivity index (χ3n) is 7.32. The molecule has 0 spiro atoms. The van der Waals surface area contributed by atoms with Crippen molar-refractivity contribution in [2.75, 3.05) is 19.1 Å². The molecule has 2 atom stereocenters. The van der Waals surface area contributed by atoms with Crippen molar-refractivity contribution < 1.29 is 29.0 Å². The van der Waals surface area contributed by atoms with Crippen LogP contribution in [-0.4, -0.2) is 58.8 Å². The summed E-state index contributed by atoms with van der Waals surface area (Å²) in [7, 11) is 3.15. The second-order valence-corrected chi connectivity index (χ2v) is 12.3. The molecule has 0 aliphatic heterocycles. The Morgan fingerprint density at radius 1 is 1.09 bits per heavy atom. The lowest BCUT2D eigenvalue weighted by Gasteiger charge is -2.27. The molecule has 242 valence electrons. The van der Waals surface area contributed by atoms with E-state index in [2.05, 4.69) is 15.3 Å². The Morgan fingerprint density at radius 3 is 2.43 bits per heavy atom. The van der Waals surface area contributed by atoms with Crippen LogP contribution in [0.2, 0.25) is 5.02 Å². The van der Waals surface area contributed by atoms with E-state index in [4.69, 9.17) is 21.1 Å². The third-order valence-corrected chi connectivity index (χ3v) is 7.57. The number of carboxylic acid groups (broad SMARTS) is 1. The van der Waals surface area contributed by atoms with E-state index >= 15 is 0 Å². The molecule has 46 heavy (non-hydrogen) atoms. The summed E-state index contributed by atoms with van der Waals surface area (Å²) < 4.78 is 10.7. The van der Waals surface area contributed by atoms with E-state index in [0.29, 0.717) is 45.3 Å². The fourth-order valence-corrected chi connectivity index (χ4v) is 5.23. The quantitative estimate of drug-likeness (QED) is 0.159. The zero-order valence-electron chi connectivity index (χ0n) is 26.8. The van der Waals surface area contributed by atoms with Gasteiger partial charge < -0.3 is 29.8 Å². The minimum Gasteiger partial charge on any atom is -0.481 e. The number of aromatic nitrogens is 2. The highest BCUT2D eigenvalue weighted by Gasteiger charge is 2.28. The van der Waals surface area contributed by atoms with Crippen LogP contribution in [0, 0.1) is 0 Å². The molecule has 4 aromatic rings. The van der Waals surface area contributed by atoms with E-state index in [1.54, 1.807) is 58.2 Å². The number of pyridine rings is 1. The van der Waals surface area contributed by atoms with E-state index in [0.717, 1.165) is 11.1 Å².